The maximum Gasteiger partial charge on any atom is 0.166 e. The first-order valence-electron chi connectivity index (χ1n) is 5.42. The summed E-state index contributed by atoms with van der Waals surface area (Å²) in [4.78, 5) is 0. The van der Waals surface area contributed by atoms with Crippen LogP contribution in [-0.2, 0) is 4.74 Å². The fourth-order valence-corrected chi connectivity index (χ4v) is 1.75. The molecule has 1 aromatic carbocycles. The maximum absolute atomic E-state index is 5.83. The third-order valence-electron chi connectivity index (χ3n) is 2.31. The molecule has 5 heteroatoms. The standard InChI is InChI=1S/C12H17ClN2OS/c1-9(10-3-5-11(13)6-4-10)15-12(17)14-7-8-16-2/h3-6,9H,7-8H2,1-2H3,(H2,14,15,17)/t9-/m0/s1. The maximum atomic E-state index is 5.83. The number of hydrogen-bond acceptors (Lipinski definition) is 2. The van der Waals surface area contributed by atoms with Crippen LogP contribution in [-0.4, -0.2) is 25.4 Å². The van der Waals surface area contributed by atoms with Crippen LogP contribution >= 0.6 is 23.8 Å². The minimum atomic E-state index is 0.148. The van der Waals surface area contributed by atoms with Crippen LogP contribution in [0, 0.1) is 0 Å². The molecule has 1 aromatic rings. The lowest BCUT2D eigenvalue weighted by molar-refractivity contribution is 0.204. The Kier molecular flexibility index (Phi) is 6.26. The third-order valence-corrected chi connectivity index (χ3v) is 2.82. The molecule has 1 atom stereocenters. The molecule has 94 valence electrons. The molecule has 0 aliphatic rings. The zero-order valence-corrected chi connectivity index (χ0v) is 11.6. The van der Waals surface area contributed by atoms with Crippen molar-refractivity contribution in [2.75, 3.05) is 20.3 Å². The Morgan fingerprint density at radius 2 is 2.06 bits per heavy atom. The van der Waals surface area contributed by atoms with E-state index in [0.29, 0.717) is 18.3 Å². The van der Waals surface area contributed by atoms with E-state index in [1.54, 1.807) is 7.11 Å². The van der Waals surface area contributed by atoms with Crippen molar-refractivity contribution in [3.63, 3.8) is 0 Å². The highest BCUT2D eigenvalue weighted by Crippen LogP contribution is 2.15. The molecule has 0 amide bonds. The number of ether oxygens (including phenoxy) is 1. The molecule has 0 aliphatic heterocycles. The van der Waals surface area contributed by atoms with Gasteiger partial charge in [0.2, 0.25) is 0 Å². The largest absolute Gasteiger partial charge is 0.383 e. The van der Waals surface area contributed by atoms with Gasteiger partial charge in [0, 0.05) is 18.7 Å². The second-order valence-electron chi connectivity index (χ2n) is 3.67. The zero-order valence-electron chi connectivity index (χ0n) is 10.00. The van der Waals surface area contributed by atoms with Gasteiger partial charge < -0.3 is 15.4 Å². The van der Waals surface area contributed by atoms with E-state index in [2.05, 4.69) is 10.6 Å². The van der Waals surface area contributed by atoms with Crippen molar-refractivity contribution in [1.29, 1.82) is 0 Å². The van der Waals surface area contributed by atoms with E-state index in [1.165, 1.54) is 0 Å². The van der Waals surface area contributed by atoms with Gasteiger partial charge in [-0.3, -0.25) is 0 Å². The van der Waals surface area contributed by atoms with Gasteiger partial charge in [-0.05, 0) is 36.8 Å². The van der Waals surface area contributed by atoms with Crippen LogP contribution in [0.3, 0.4) is 0 Å². The lowest BCUT2D eigenvalue weighted by Gasteiger charge is -2.17. The van der Waals surface area contributed by atoms with Gasteiger partial charge in [0.15, 0.2) is 5.11 Å². The summed E-state index contributed by atoms with van der Waals surface area (Å²) in [5.74, 6) is 0. The lowest BCUT2D eigenvalue weighted by atomic mass is 10.1. The van der Waals surface area contributed by atoms with Crippen molar-refractivity contribution in [2.45, 2.75) is 13.0 Å². The number of thiocarbonyl (C=S) groups is 1. The minimum absolute atomic E-state index is 0.148. The second kappa shape index (κ2) is 7.48. The molecule has 0 aliphatic carbocycles. The van der Waals surface area contributed by atoms with Crippen LogP contribution < -0.4 is 10.6 Å². The van der Waals surface area contributed by atoms with Gasteiger partial charge >= 0.3 is 0 Å². The van der Waals surface area contributed by atoms with Crippen LogP contribution in [0.4, 0.5) is 0 Å². The average molecular weight is 273 g/mol. The highest BCUT2D eigenvalue weighted by atomic mass is 35.5. The van der Waals surface area contributed by atoms with Crippen molar-refractivity contribution >= 4 is 28.9 Å². The Hall–Kier alpha value is -0.840. The molecule has 0 heterocycles. The van der Waals surface area contributed by atoms with E-state index in [0.717, 1.165) is 10.6 Å². The molecule has 0 unspecified atom stereocenters. The summed E-state index contributed by atoms with van der Waals surface area (Å²) in [5, 5.41) is 7.63. The van der Waals surface area contributed by atoms with Gasteiger partial charge in [0.25, 0.3) is 0 Å². The Balaban J connectivity index is 2.40. The fraction of sp³-hybridized carbons (Fsp3) is 0.417. The summed E-state index contributed by atoms with van der Waals surface area (Å²) < 4.78 is 4.93. The summed E-state index contributed by atoms with van der Waals surface area (Å²) in [6, 6.07) is 7.86. The highest BCUT2D eigenvalue weighted by molar-refractivity contribution is 7.80. The number of halogens is 1. The number of nitrogens with one attached hydrogen (secondary N) is 2. The number of methoxy groups -OCH3 is 1. The summed E-state index contributed by atoms with van der Waals surface area (Å²) in [7, 11) is 1.66. The molecule has 0 fully saturated rings. The normalized spacial score (nSPS) is 11.9. The van der Waals surface area contributed by atoms with E-state index in [4.69, 9.17) is 28.6 Å². The van der Waals surface area contributed by atoms with E-state index >= 15 is 0 Å². The smallest absolute Gasteiger partial charge is 0.166 e. The lowest BCUT2D eigenvalue weighted by Crippen LogP contribution is -2.38. The van der Waals surface area contributed by atoms with Crippen LogP contribution in [0.1, 0.15) is 18.5 Å². The van der Waals surface area contributed by atoms with Gasteiger partial charge in [0.05, 0.1) is 12.6 Å². The molecular formula is C12H17ClN2OS. The summed E-state index contributed by atoms with van der Waals surface area (Å²) in [5.41, 5.74) is 1.14. The average Bonchev–Trinajstić information content (AvgIpc) is 2.30. The zero-order chi connectivity index (χ0) is 12.7. The van der Waals surface area contributed by atoms with Crippen LogP contribution in [0.5, 0.6) is 0 Å². The van der Waals surface area contributed by atoms with Crippen molar-refractivity contribution in [3.8, 4) is 0 Å². The minimum Gasteiger partial charge on any atom is -0.383 e. The van der Waals surface area contributed by atoms with Crippen LogP contribution in [0.2, 0.25) is 5.02 Å². The molecule has 2 N–H and O–H groups in total. The second-order valence-corrected chi connectivity index (χ2v) is 4.51. The number of rotatable bonds is 5. The van der Waals surface area contributed by atoms with E-state index in [-0.39, 0.29) is 6.04 Å². The monoisotopic (exact) mass is 272 g/mol. The van der Waals surface area contributed by atoms with Gasteiger partial charge in [-0.2, -0.15) is 0 Å². The van der Waals surface area contributed by atoms with E-state index in [9.17, 15) is 0 Å². The van der Waals surface area contributed by atoms with Crippen molar-refractivity contribution in [3.05, 3.63) is 34.9 Å². The molecule has 0 saturated heterocycles. The summed E-state index contributed by atoms with van der Waals surface area (Å²) in [6.45, 7) is 3.39. The Labute approximate surface area is 112 Å². The van der Waals surface area contributed by atoms with Crippen LogP contribution in [0.25, 0.3) is 0 Å². The highest BCUT2D eigenvalue weighted by Gasteiger charge is 2.06. The van der Waals surface area contributed by atoms with Gasteiger partial charge in [-0.1, -0.05) is 23.7 Å². The van der Waals surface area contributed by atoms with E-state index in [1.807, 2.05) is 31.2 Å². The molecule has 0 aromatic heterocycles. The van der Waals surface area contributed by atoms with Gasteiger partial charge in [-0.25, -0.2) is 0 Å². The number of benzene rings is 1. The topological polar surface area (TPSA) is 33.3 Å². The fourth-order valence-electron chi connectivity index (χ4n) is 1.35. The first-order valence-corrected chi connectivity index (χ1v) is 6.21. The Morgan fingerprint density at radius 3 is 2.65 bits per heavy atom. The molecule has 17 heavy (non-hydrogen) atoms. The SMILES string of the molecule is COCCNC(=S)N[C@@H](C)c1ccc(Cl)cc1. The Bertz CT molecular complexity index is 356. The third kappa shape index (κ3) is 5.35. The molecule has 0 radical (unpaired) electrons. The first kappa shape index (κ1) is 14.2. The quantitative estimate of drug-likeness (QED) is 0.637. The molecule has 3 nitrogen and oxygen atoms in total. The predicted octanol–water partition coefficient (Wildman–Crippen LogP) is 2.51. The van der Waals surface area contributed by atoms with Crippen molar-refractivity contribution in [1.82, 2.24) is 10.6 Å². The van der Waals surface area contributed by atoms with Gasteiger partial charge in [0.1, 0.15) is 0 Å². The molecular weight excluding hydrogens is 256 g/mol. The van der Waals surface area contributed by atoms with Gasteiger partial charge in [-0.15, -0.1) is 0 Å². The first-order chi connectivity index (χ1) is 8.13. The van der Waals surface area contributed by atoms with Crippen LogP contribution in [0.15, 0.2) is 24.3 Å². The van der Waals surface area contributed by atoms with Crippen molar-refractivity contribution in [2.24, 2.45) is 0 Å². The molecule has 0 saturated carbocycles. The molecule has 1 rings (SSSR count). The molecule has 0 spiro atoms. The van der Waals surface area contributed by atoms with Crippen molar-refractivity contribution < 1.29 is 4.74 Å². The number of hydrogen-bond donors (Lipinski definition) is 2. The summed E-state index contributed by atoms with van der Waals surface area (Å²) in [6.07, 6.45) is 0. The molecule has 0 bridgehead atoms. The predicted molar refractivity (Wildman–Crippen MR) is 75.5 cm³/mol. The van der Waals surface area contributed by atoms with E-state index < -0.39 is 0 Å². The Morgan fingerprint density at radius 1 is 1.41 bits per heavy atom. The summed E-state index contributed by atoms with van der Waals surface area (Å²) >= 11 is 11.0.